The van der Waals surface area contributed by atoms with E-state index in [0.717, 1.165) is 5.56 Å². The minimum absolute atomic E-state index is 0.101. The molecule has 0 spiro atoms. The first-order chi connectivity index (χ1) is 7.17. The second-order valence-corrected chi connectivity index (χ2v) is 3.62. The van der Waals surface area contributed by atoms with Crippen molar-refractivity contribution in [3.63, 3.8) is 0 Å². The summed E-state index contributed by atoms with van der Waals surface area (Å²) >= 11 is 5.76. The number of hydrogen-bond donors (Lipinski definition) is 2. The fraction of sp³-hybridized carbons (Fsp3) is 0.273. The van der Waals surface area contributed by atoms with Crippen LogP contribution < -0.4 is 11.1 Å². The second-order valence-electron chi connectivity index (χ2n) is 3.19. The van der Waals surface area contributed by atoms with Crippen LogP contribution in [-0.4, -0.2) is 13.1 Å². The molecule has 0 fully saturated rings. The molecule has 4 heteroatoms. The number of nitrogens with two attached hydrogens (primary N) is 1. The topological polar surface area (TPSA) is 38.0 Å². The summed E-state index contributed by atoms with van der Waals surface area (Å²) in [5.41, 5.74) is 6.34. The Labute approximate surface area is 93.9 Å². The Morgan fingerprint density at radius 1 is 1.53 bits per heavy atom. The maximum atomic E-state index is 13.1. The third kappa shape index (κ3) is 3.63. The van der Waals surface area contributed by atoms with Gasteiger partial charge in [-0.05, 0) is 23.8 Å². The first-order valence-corrected chi connectivity index (χ1v) is 5.05. The molecule has 2 nitrogen and oxygen atoms in total. The van der Waals surface area contributed by atoms with E-state index in [1.165, 1.54) is 12.1 Å². The van der Waals surface area contributed by atoms with E-state index in [0.29, 0.717) is 18.1 Å². The number of rotatable bonds is 5. The van der Waals surface area contributed by atoms with Gasteiger partial charge in [-0.2, -0.15) is 0 Å². The fourth-order valence-electron chi connectivity index (χ4n) is 1.34. The lowest BCUT2D eigenvalue weighted by molar-refractivity contribution is 0.567. The molecule has 0 bridgehead atoms. The van der Waals surface area contributed by atoms with Gasteiger partial charge >= 0.3 is 0 Å². The largest absolute Gasteiger partial charge is 0.329 e. The zero-order chi connectivity index (χ0) is 11.3. The lowest BCUT2D eigenvalue weighted by Crippen LogP contribution is -2.28. The molecule has 82 valence electrons. The maximum absolute atomic E-state index is 13.1. The van der Waals surface area contributed by atoms with Gasteiger partial charge < -0.3 is 11.1 Å². The van der Waals surface area contributed by atoms with Crippen molar-refractivity contribution >= 4 is 11.6 Å². The van der Waals surface area contributed by atoms with Crippen LogP contribution in [0.2, 0.25) is 5.02 Å². The summed E-state index contributed by atoms with van der Waals surface area (Å²) in [7, 11) is 0. The van der Waals surface area contributed by atoms with Crippen molar-refractivity contribution in [2.24, 2.45) is 5.73 Å². The van der Waals surface area contributed by atoms with E-state index < -0.39 is 0 Å². The Hall–Kier alpha value is -0.900. The normalized spacial score (nSPS) is 12.5. The van der Waals surface area contributed by atoms with Crippen molar-refractivity contribution in [3.8, 4) is 0 Å². The van der Waals surface area contributed by atoms with Crippen LogP contribution in [0.1, 0.15) is 11.6 Å². The van der Waals surface area contributed by atoms with Crippen molar-refractivity contribution in [1.29, 1.82) is 0 Å². The number of hydrogen-bond acceptors (Lipinski definition) is 2. The highest BCUT2D eigenvalue weighted by molar-refractivity contribution is 6.30. The molecule has 0 amide bonds. The first kappa shape index (κ1) is 12.2. The third-order valence-electron chi connectivity index (χ3n) is 2.03. The smallest absolute Gasteiger partial charge is 0.125 e. The molecule has 0 aromatic heterocycles. The van der Waals surface area contributed by atoms with Crippen molar-refractivity contribution in [2.45, 2.75) is 6.04 Å². The minimum Gasteiger partial charge on any atom is -0.329 e. The van der Waals surface area contributed by atoms with Crippen molar-refractivity contribution in [3.05, 3.63) is 47.3 Å². The van der Waals surface area contributed by atoms with E-state index in [9.17, 15) is 4.39 Å². The van der Waals surface area contributed by atoms with Crippen LogP contribution in [0.5, 0.6) is 0 Å². The summed E-state index contributed by atoms with van der Waals surface area (Å²) < 4.78 is 13.1. The van der Waals surface area contributed by atoms with Crippen LogP contribution >= 0.6 is 11.6 Å². The van der Waals surface area contributed by atoms with Crippen LogP contribution in [0, 0.1) is 5.82 Å². The second kappa shape index (κ2) is 5.85. The first-order valence-electron chi connectivity index (χ1n) is 4.67. The van der Waals surface area contributed by atoms with Crippen molar-refractivity contribution in [1.82, 2.24) is 5.32 Å². The van der Waals surface area contributed by atoms with Gasteiger partial charge in [0, 0.05) is 24.2 Å². The Morgan fingerprint density at radius 2 is 2.27 bits per heavy atom. The highest BCUT2D eigenvalue weighted by Gasteiger charge is 2.09. The van der Waals surface area contributed by atoms with Crippen LogP contribution in [0.3, 0.4) is 0 Å². The fourth-order valence-corrected chi connectivity index (χ4v) is 1.57. The standard InChI is InChI=1S/C11H14ClFN2/c1-2-3-15-11(7-14)8-4-9(12)6-10(13)5-8/h2,4-6,11,15H,1,3,7,14H2. The Bertz CT molecular complexity index is 321. The van der Waals surface area contributed by atoms with Gasteiger partial charge in [-0.3, -0.25) is 0 Å². The summed E-state index contributed by atoms with van der Waals surface area (Å²) in [5.74, 6) is -0.351. The summed E-state index contributed by atoms with van der Waals surface area (Å²) in [5, 5.41) is 3.50. The molecule has 3 N–H and O–H groups in total. The van der Waals surface area contributed by atoms with Crippen molar-refractivity contribution < 1.29 is 4.39 Å². The lowest BCUT2D eigenvalue weighted by atomic mass is 10.1. The summed E-state index contributed by atoms with van der Waals surface area (Å²) in [6.07, 6.45) is 1.73. The molecular weight excluding hydrogens is 215 g/mol. The van der Waals surface area contributed by atoms with E-state index >= 15 is 0 Å². The molecule has 0 aliphatic heterocycles. The molecule has 1 unspecified atom stereocenters. The quantitative estimate of drug-likeness (QED) is 0.759. The van der Waals surface area contributed by atoms with E-state index in [1.54, 1.807) is 12.1 Å². The average molecular weight is 229 g/mol. The third-order valence-corrected chi connectivity index (χ3v) is 2.25. The van der Waals surface area contributed by atoms with Gasteiger partial charge in [0.2, 0.25) is 0 Å². The molecule has 15 heavy (non-hydrogen) atoms. The van der Waals surface area contributed by atoms with Gasteiger partial charge in [0.25, 0.3) is 0 Å². The van der Waals surface area contributed by atoms with E-state index in [4.69, 9.17) is 17.3 Å². The zero-order valence-electron chi connectivity index (χ0n) is 8.34. The predicted molar refractivity (Wildman–Crippen MR) is 61.4 cm³/mol. The number of nitrogens with one attached hydrogen (secondary N) is 1. The molecule has 1 aromatic rings. The van der Waals surface area contributed by atoms with Crippen LogP contribution in [0.25, 0.3) is 0 Å². The van der Waals surface area contributed by atoms with E-state index in [-0.39, 0.29) is 11.9 Å². The Balaban J connectivity index is 2.85. The molecule has 0 aliphatic rings. The average Bonchev–Trinajstić information content (AvgIpc) is 2.17. The molecular formula is C11H14ClFN2. The van der Waals surface area contributed by atoms with Crippen molar-refractivity contribution in [2.75, 3.05) is 13.1 Å². The van der Waals surface area contributed by atoms with Gasteiger partial charge in [-0.1, -0.05) is 17.7 Å². The van der Waals surface area contributed by atoms with Gasteiger partial charge in [-0.15, -0.1) is 6.58 Å². The summed E-state index contributed by atoms with van der Waals surface area (Å²) in [6, 6.07) is 4.31. The minimum atomic E-state index is -0.351. The van der Waals surface area contributed by atoms with Crippen LogP contribution in [0.4, 0.5) is 4.39 Å². The van der Waals surface area contributed by atoms with Gasteiger partial charge in [0.15, 0.2) is 0 Å². The molecule has 0 saturated heterocycles. The number of benzene rings is 1. The highest BCUT2D eigenvalue weighted by Crippen LogP contribution is 2.19. The molecule has 1 rings (SSSR count). The zero-order valence-corrected chi connectivity index (χ0v) is 9.10. The van der Waals surface area contributed by atoms with Gasteiger partial charge in [0.05, 0.1) is 0 Å². The highest BCUT2D eigenvalue weighted by atomic mass is 35.5. The van der Waals surface area contributed by atoms with E-state index in [1.807, 2.05) is 0 Å². The molecule has 0 radical (unpaired) electrons. The lowest BCUT2D eigenvalue weighted by Gasteiger charge is -2.16. The Morgan fingerprint density at radius 3 is 2.80 bits per heavy atom. The maximum Gasteiger partial charge on any atom is 0.125 e. The molecule has 0 heterocycles. The molecule has 0 saturated carbocycles. The number of halogens is 2. The SMILES string of the molecule is C=CCNC(CN)c1cc(F)cc(Cl)c1. The van der Waals surface area contributed by atoms with Crippen LogP contribution in [-0.2, 0) is 0 Å². The molecule has 0 aliphatic carbocycles. The summed E-state index contributed by atoms with van der Waals surface area (Å²) in [6.45, 7) is 4.60. The molecule has 1 aromatic carbocycles. The van der Waals surface area contributed by atoms with E-state index in [2.05, 4.69) is 11.9 Å². The molecule has 1 atom stereocenters. The van der Waals surface area contributed by atoms with Gasteiger partial charge in [-0.25, -0.2) is 4.39 Å². The predicted octanol–water partition coefficient (Wildman–Crippen LogP) is 2.25. The van der Waals surface area contributed by atoms with Crippen LogP contribution in [0.15, 0.2) is 30.9 Å². The van der Waals surface area contributed by atoms with Gasteiger partial charge in [0.1, 0.15) is 5.82 Å². The Kier molecular flexibility index (Phi) is 4.75. The monoisotopic (exact) mass is 228 g/mol. The summed E-state index contributed by atoms with van der Waals surface area (Å²) in [4.78, 5) is 0.